The second-order valence-corrected chi connectivity index (χ2v) is 9.96. The normalized spacial score (nSPS) is 12.8. The Kier molecular flexibility index (Phi) is 12.4. The molecule has 0 aliphatic carbocycles. The molecule has 0 aromatic heterocycles. The van der Waals surface area contributed by atoms with Gasteiger partial charge in [0.25, 0.3) is 40.5 Å². The van der Waals surface area contributed by atoms with Crippen LogP contribution >= 0.6 is 0 Å². The summed E-state index contributed by atoms with van der Waals surface area (Å²) >= 11 is 0. The number of hydrogen-bond donors (Lipinski definition) is 2. The maximum absolute atomic E-state index is 10.5. The predicted octanol–water partition coefficient (Wildman–Crippen LogP) is -2.39. The van der Waals surface area contributed by atoms with Crippen molar-refractivity contribution in [1.29, 1.82) is 0 Å². The summed E-state index contributed by atoms with van der Waals surface area (Å²) in [6.07, 6.45) is 0. The van der Waals surface area contributed by atoms with Crippen LogP contribution in [0.3, 0.4) is 0 Å². The first-order chi connectivity index (χ1) is 8.54. The first-order valence-electron chi connectivity index (χ1n) is 4.00. The van der Waals surface area contributed by atoms with E-state index >= 15 is 0 Å². The average Bonchev–Trinajstić information content (AvgIpc) is 2.11. The van der Waals surface area contributed by atoms with E-state index in [-0.39, 0.29) is 32.7 Å². The van der Waals surface area contributed by atoms with Gasteiger partial charge in [0.1, 0.15) is 0 Å². The fraction of sp³-hybridized carbons (Fsp3) is 1.00. The van der Waals surface area contributed by atoms with Crippen LogP contribution in [0.5, 0.6) is 0 Å². The van der Waals surface area contributed by atoms with E-state index in [1.165, 1.54) is 0 Å². The van der Waals surface area contributed by atoms with Crippen LogP contribution in [-0.4, -0.2) is 67.2 Å². The van der Waals surface area contributed by atoms with E-state index in [9.17, 15) is 33.7 Å². The molecule has 0 fully saturated rings. The Morgan fingerprint density at radius 1 is 0.667 bits per heavy atom. The molecule has 1 radical (unpaired) electrons. The van der Waals surface area contributed by atoms with E-state index in [1.54, 1.807) is 0 Å². The van der Waals surface area contributed by atoms with E-state index in [0.29, 0.717) is 0 Å². The Morgan fingerprint density at radius 3 is 1.00 bits per heavy atom. The monoisotopic (exact) mass is 469 g/mol. The van der Waals surface area contributed by atoms with Gasteiger partial charge in [-0.2, -0.15) is 33.7 Å². The van der Waals surface area contributed by atoms with Crippen LogP contribution in [0.2, 0.25) is 0 Å². The van der Waals surface area contributed by atoms with Crippen molar-refractivity contribution in [2.24, 2.45) is 0 Å². The SMILES string of the molecule is COS(=O)(=O)CS(=O)(=O)OC.O=S(=O)(O)CS(=O)(=O)O.[Y]. The Morgan fingerprint density at radius 2 is 0.905 bits per heavy atom. The molecule has 0 atom stereocenters. The molecule has 0 saturated heterocycles. The van der Waals surface area contributed by atoms with E-state index in [0.717, 1.165) is 14.2 Å². The van der Waals surface area contributed by atoms with Crippen molar-refractivity contribution in [3.8, 4) is 0 Å². The van der Waals surface area contributed by atoms with Crippen LogP contribution in [0, 0.1) is 0 Å². The van der Waals surface area contributed by atoms with Gasteiger partial charge < -0.3 is 0 Å². The fourth-order valence-electron chi connectivity index (χ4n) is 0.461. The molecule has 0 aromatic rings. The van der Waals surface area contributed by atoms with E-state index in [2.05, 4.69) is 8.37 Å². The van der Waals surface area contributed by atoms with Gasteiger partial charge in [-0.05, 0) is 0 Å². The standard InChI is InChI=1S/C3H8O6S2.CH4O6S2.Y/c1-8-10(4,5)3-11(6,7)9-2;2-8(3,4)1-9(5,6)7;/h3H2,1-2H3;1H2,(H,2,3,4)(H,5,6,7);. The molecule has 17 heteroatoms. The Hall–Kier alpha value is 0.744. The summed E-state index contributed by atoms with van der Waals surface area (Å²) < 4.78 is 104. The minimum Gasteiger partial charge on any atom is -0.285 e. The van der Waals surface area contributed by atoms with Gasteiger partial charge >= 0.3 is 0 Å². The third-order valence-corrected chi connectivity index (χ3v) is 6.80. The average molecular weight is 469 g/mol. The first kappa shape index (κ1) is 26.6. The molecule has 21 heavy (non-hydrogen) atoms. The van der Waals surface area contributed by atoms with Gasteiger partial charge in [-0.1, -0.05) is 0 Å². The molecular formula is C4H12O12S4Y. The second kappa shape index (κ2) is 9.79. The molecular weight excluding hydrogens is 457 g/mol. The number of hydrogen-bond acceptors (Lipinski definition) is 10. The van der Waals surface area contributed by atoms with Crippen LogP contribution < -0.4 is 0 Å². The Labute approximate surface area is 147 Å². The Bertz CT molecular complexity index is 635. The van der Waals surface area contributed by atoms with Crippen molar-refractivity contribution in [2.75, 3.05) is 24.4 Å². The molecule has 127 valence electrons. The number of rotatable bonds is 6. The summed E-state index contributed by atoms with van der Waals surface area (Å²) in [5.41, 5.74) is 0. The fourth-order valence-corrected chi connectivity index (χ4v) is 4.15. The van der Waals surface area contributed by atoms with E-state index in [1.807, 2.05) is 0 Å². The van der Waals surface area contributed by atoms with Crippen molar-refractivity contribution < 1.29 is 83.9 Å². The van der Waals surface area contributed by atoms with E-state index in [4.69, 9.17) is 9.11 Å². The van der Waals surface area contributed by atoms with Gasteiger partial charge in [-0.3, -0.25) is 17.5 Å². The molecule has 12 nitrogen and oxygen atoms in total. The van der Waals surface area contributed by atoms with Gasteiger partial charge in [0.05, 0.1) is 14.2 Å². The zero-order valence-electron chi connectivity index (χ0n) is 10.6. The van der Waals surface area contributed by atoms with Crippen LogP contribution in [0.1, 0.15) is 0 Å². The molecule has 0 aromatic carbocycles. The zero-order valence-corrected chi connectivity index (χ0v) is 16.7. The molecule has 0 rings (SSSR count). The topological polar surface area (TPSA) is 195 Å². The molecule has 2 N–H and O–H groups in total. The molecule has 0 aliphatic rings. The van der Waals surface area contributed by atoms with Crippen molar-refractivity contribution in [3.63, 3.8) is 0 Å². The molecule has 0 amide bonds. The molecule has 0 aliphatic heterocycles. The minimum absolute atomic E-state index is 0. The maximum Gasteiger partial charge on any atom is 0.284 e. The van der Waals surface area contributed by atoms with Gasteiger partial charge in [0.15, 0.2) is 0 Å². The van der Waals surface area contributed by atoms with Crippen LogP contribution in [0.4, 0.5) is 0 Å². The molecule has 0 heterocycles. The second-order valence-electron chi connectivity index (χ2n) is 2.85. The van der Waals surface area contributed by atoms with Gasteiger partial charge in [0, 0.05) is 32.7 Å². The van der Waals surface area contributed by atoms with Crippen LogP contribution in [0.15, 0.2) is 0 Å². The van der Waals surface area contributed by atoms with Crippen LogP contribution in [-0.2, 0) is 81.5 Å². The maximum atomic E-state index is 10.5. The summed E-state index contributed by atoms with van der Waals surface area (Å²) in [6.45, 7) is 0. The summed E-state index contributed by atoms with van der Waals surface area (Å²) in [4.78, 5) is 0. The van der Waals surface area contributed by atoms with Crippen molar-refractivity contribution in [3.05, 3.63) is 0 Å². The largest absolute Gasteiger partial charge is 0.285 e. The first-order valence-corrected chi connectivity index (χ1v) is 10.4. The van der Waals surface area contributed by atoms with Gasteiger partial charge in [-0.25, -0.2) is 0 Å². The predicted molar refractivity (Wildman–Crippen MR) is 64.7 cm³/mol. The van der Waals surface area contributed by atoms with Gasteiger partial charge in [0.2, 0.25) is 10.2 Å². The molecule has 0 unspecified atom stereocenters. The quantitative estimate of drug-likeness (QED) is 0.310. The molecule has 0 spiro atoms. The smallest absolute Gasteiger partial charge is 0.284 e. The third kappa shape index (κ3) is 20.7. The van der Waals surface area contributed by atoms with Crippen molar-refractivity contribution >= 4 is 40.5 Å². The molecule has 0 bridgehead atoms. The third-order valence-electron chi connectivity index (χ3n) is 1.09. The summed E-state index contributed by atoms with van der Waals surface area (Å²) in [5.74, 6) is 0. The minimum atomic E-state index is -4.62. The van der Waals surface area contributed by atoms with Gasteiger partial charge in [-0.15, -0.1) is 0 Å². The van der Waals surface area contributed by atoms with Crippen molar-refractivity contribution in [2.45, 2.75) is 0 Å². The molecule has 0 saturated carbocycles. The van der Waals surface area contributed by atoms with E-state index < -0.39 is 50.6 Å². The summed E-state index contributed by atoms with van der Waals surface area (Å²) in [5, 5.41) is -2.81. The summed E-state index contributed by atoms with van der Waals surface area (Å²) in [7, 11) is -15.5. The zero-order chi connectivity index (χ0) is 16.8. The van der Waals surface area contributed by atoms with Crippen LogP contribution in [0.25, 0.3) is 0 Å². The summed E-state index contributed by atoms with van der Waals surface area (Å²) in [6, 6.07) is 0. The van der Waals surface area contributed by atoms with Crippen molar-refractivity contribution in [1.82, 2.24) is 0 Å². The Balaban J connectivity index is -0.000000300.